The Kier molecular flexibility index (Phi) is 3.53. The molecular formula is C17H18F2N2. The van der Waals surface area contributed by atoms with E-state index in [1.807, 2.05) is 30.3 Å². The molecule has 0 saturated heterocycles. The van der Waals surface area contributed by atoms with Gasteiger partial charge in [-0.15, -0.1) is 0 Å². The number of halogens is 2. The number of hydrogen-bond donors (Lipinski definition) is 1. The minimum absolute atomic E-state index is 0.0611. The van der Waals surface area contributed by atoms with E-state index < -0.39 is 11.6 Å². The van der Waals surface area contributed by atoms with Gasteiger partial charge in [0.25, 0.3) is 0 Å². The summed E-state index contributed by atoms with van der Waals surface area (Å²) in [6.45, 7) is 4.83. The maximum Gasteiger partial charge on any atom is 0.161 e. The van der Waals surface area contributed by atoms with Crippen LogP contribution in [0.25, 0.3) is 0 Å². The molecule has 4 heteroatoms. The lowest BCUT2D eigenvalue weighted by atomic mass is 10.0. The van der Waals surface area contributed by atoms with E-state index in [-0.39, 0.29) is 12.1 Å². The molecule has 1 heterocycles. The minimum atomic E-state index is -0.821. The fourth-order valence-corrected chi connectivity index (χ4v) is 2.78. The standard InChI is InChI=1S/C17H18F2N2/c1-11(2)21-10-16(12-6-4-3-5-7-12)20-15-8-13(18)14(19)9-17(15)21/h3-9,11,16,20H,10H2,1-2H3. The summed E-state index contributed by atoms with van der Waals surface area (Å²) >= 11 is 0. The van der Waals surface area contributed by atoms with Crippen molar-refractivity contribution in [2.24, 2.45) is 0 Å². The third-order valence-corrected chi connectivity index (χ3v) is 3.88. The number of rotatable bonds is 2. The Bertz CT molecular complexity index is 641. The second kappa shape index (κ2) is 5.35. The van der Waals surface area contributed by atoms with Gasteiger partial charge in [0.05, 0.1) is 17.4 Å². The zero-order valence-corrected chi connectivity index (χ0v) is 12.1. The Balaban J connectivity index is 2.03. The van der Waals surface area contributed by atoms with Gasteiger partial charge in [0, 0.05) is 24.7 Å². The van der Waals surface area contributed by atoms with Gasteiger partial charge in [-0.25, -0.2) is 8.78 Å². The highest BCUT2D eigenvalue weighted by atomic mass is 19.2. The molecule has 1 unspecified atom stereocenters. The predicted octanol–water partition coefficient (Wildman–Crippen LogP) is 4.35. The van der Waals surface area contributed by atoms with Crippen molar-refractivity contribution in [3.05, 3.63) is 59.7 Å². The van der Waals surface area contributed by atoms with Crippen LogP contribution in [0.3, 0.4) is 0 Å². The third-order valence-electron chi connectivity index (χ3n) is 3.88. The first-order valence-electron chi connectivity index (χ1n) is 7.13. The van der Waals surface area contributed by atoms with Crippen LogP contribution < -0.4 is 10.2 Å². The van der Waals surface area contributed by atoms with Gasteiger partial charge >= 0.3 is 0 Å². The van der Waals surface area contributed by atoms with Crippen molar-refractivity contribution in [3.63, 3.8) is 0 Å². The average Bonchev–Trinajstić information content (AvgIpc) is 2.48. The Morgan fingerprint density at radius 2 is 1.76 bits per heavy atom. The van der Waals surface area contributed by atoms with E-state index in [0.717, 1.165) is 17.8 Å². The number of nitrogens with zero attached hydrogens (tertiary/aromatic N) is 1. The molecule has 1 aliphatic rings. The minimum Gasteiger partial charge on any atom is -0.375 e. The summed E-state index contributed by atoms with van der Waals surface area (Å²) in [7, 11) is 0. The summed E-state index contributed by atoms with van der Waals surface area (Å²) in [5, 5.41) is 3.32. The second-order valence-corrected chi connectivity index (χ2v) is 5.64. The van der Waals surface area contributed by atoms with E-state index in [2.05, 4.69) is 24.1 Å². The molecule has 3 rings (SSSR count). The molecular weight excluding hydrogens is 270 g/mol. The second-order valence-electron chi connectivity index (χ2n) is 5.64. The number of nitrogens with one attached hydrogen (secondary N) is 1. The molecule has 21 heavy (non-hydrogen) atoms. The Morgan fingerprint density at radius 1 is 1.10 bits per heavy atom. The van der Waals surface area contributed by atoms with Gasteiger partial charge in [-0.1, -0.05) is 30.3 Å². The van der Waals surface area contributed by atoms with Crippen LogP contribution in [0.1, 0.15) is 25.5 Å². The van der Waals surface area contributed by atoms with Gasteiger partial charge in [-0.05, 0) is 19.4 Å². The lowest BCUT2D eigenvalue weighted by Crippen LogP contribution is -2.41. The van der Waals surface area contributed by atoms with Gasteiger partial charge in [0.1, 0.15) is 0 Å². The van der Waals surface area contributed by atoms with Gasteiger partial charge in [0.2, 0.25) is 0 Å². The Labute approximate surface area is 123 Å². The molecule has 1 atom stereocenters. The van der Waals surface area contributed by atoms with Gasteiger partial charge in [-0.2, -0.15) is 0 Å². The lowest BCUT2D eigenvalue weighted by molar-refractivity contribution is 0.505. The topological polar surface area (TPSA) is 15.3 Å². The van der Waals surface area contributed by atoms with Crippen LogP contribution in [0.2, 0.25) is 0 Å². The van der Waals surface area contributed by atoms with Crippen LogP contribution in [0.4, 0.5) is 20.2 Å². The maximum absolute atomic E-state index is 13.5. The number of fused-ring (bicyclic) bond motifs is 1. The molecule has 110 valence electrons. The maximum atomic E-state index is 13.5. The first-order chi connectivity index (χ1) is 10.1. The van der Waals surface area contributed by atoms with Crippen molar-refractivity contribution >= 4 is 11.4 Å². The van der Waals surface area contributed by atoms with E-state index in [0.29, 0.717) is 5.69 Å². The van der Waals surface area contributed by atoms with Crippen LogP contribution in [0, 0.1) is 11.6 Å². The predicted molar refractivity (Wildman–Crippen MR) is 81.6 cm³/mol. The highest BCUT2D eigenvalue weighted by molar-refractivity contribution is 5.73. The average molecular weight is 288 g/mol. The van der Waals surface area contributed by atoms with E-state index in [1.165, 1.54) is 12.1 Å². The SMILES string of the molecule is CC(C)N1CC(c2ccccc2)Nc2cc(F)c(F)cc21. The molecule has 0 spiro atoms. The van der Waals surface area contributed by atoms with Gasteiger partial charge in [-0.3, -0.25) is 0 Å². The Hall–Kier alpha value is -2.10. The van der Waals surface area contributed by atoms with E-state index >= 15 is 0 Å². The summed E-state index contributed by atoms with van der Waals surface area (Å²) in [4.78, 5) is 2.10. The van der Waals surface area contributed by atoms with E-state index in [4.69, 9.17) is 0 Å². The monoisotopic (exact) mass is 288 g/mol. The van der Waals surface area contributed by atoms with Crippen molar-refractivity contribution in [3.8, 4) is 0 Å². The molecule has 1 N–H and O–H groups in total. The fraction of sp³-hybridized carbons (Fsp3) is 0.294. The molecule has 2 nitrogen and oxygen atoms in total. The van der Waals surface area contributed by atoms with Crippen molar-refractivity contribution in [2.45, 2.75) is 25.9 Å². The number of hydrogen-bond acceptors (Lipinski definition) is 2. The zero-order valence-electron chi connectivity index (χ0n) is 12.1. The Morgan fingerprint density at radius 3 is 2.43 bits per heavy atom. The highest BCUT2D eigenvalue weighted by Crippen LogP contribution is 2.38. The van der Waals surface area contributed by atoms with E-state index in [1.54, 1.807) is 0 Å². The van der Waals surface area contributed by atoms with Crippen LogP contribution in [-0.4, -0.2) is 12.6 Å². The van der Waals surface area contributed by atoms with Crippen molar-refractivity contribution < 1.29 is 8.78 Å². The smallest absolute Gasteiger partial charge is 0.161 e. The van der Waals surface area contributed by atoms with Crippen molar-refractivity contribution in [1.82, 2.24) is 0 Å². The van der Waals surface area contributed by atoms with Gasteiger partial charge < -0.3 is 10.2 Å². The molecule has 2 aromatic carbocycles. The van der Waals surface area contributed by atoms with E-state index in [9.17, 15) is 8.78 Å². The van der Waals surface area contributed by atoms with Crippen LogP contribution in [0.15, 0.2) is 42.5 Å². The van der Waals surface area contributed by atoms with Crippen molar-refractivity contribution in [1.29, 1.82) is 0 Å². The first-order valence-corrected chi connectivity index (χ1v) is 7.13. The molecule has 0 saturated carbocycles. The highest BCUT2D eigenvalue weighted by Gasteiger charge is 2.27. The molecule has 0 radical (unpaired) electrons. The lowest BCUT2D eigenvalue weighted by Gasteiger charge is -2.40. The normalized spacial score (nSPS) is 17.6. The molecule has 2 aromatic rings. The van der Waals surface area contributed by atoms with Crippen LogP contribution >= 0.6 is 0 Å². The molecule has 0 bridgehead atoms. The fourth-order valence-electron chi connectivity index (χ4n) is 2.78. The zero-order chi connectivity index (χ0) is 15.0. The van der Waals surface area contributed by atoms with Crippen LogP contribution in [-0.2, 0) is 0 Å². The molecule has 0 fully saturated rings. The molecule has 0 amide bonds. The summed E-state index contributed by atoms with van der Waals surface area (Å²) in [6.07, 6.45) is 0. The first kappa shape index (κ1) is 13.9. The largest absolute Gasteiger partial charge is 0.375 e. The summed E-state index contributed by atoms with van der Waals surface area (Å²) in [5.74, 6) is -1.63. The summed E-state index contributed by atoms with van der Waals surface area (Å²) in [6, 6.07) is 12.8. The quantitative estimate of drug-likeness (QED) is 0.884. The molecule has 0 aromatic heterocycles. The third kappa shape index (κ3) is 2.58. The number of benzene rings is 2. The summed E-state index contributed by atoms with van der Waals surface area (Å²) < 4.78 is 27.1. The molecule has 0 aliphatic carbocycles. The van der Waals surface area contributed by atoms with Crippen molar-refractivity contribution in [2.75, 3.05) is 16.8 Å². The van der Waals surface area contributed by atoms with Crippen LogP contribution in [0.5, 0.6) is 0 Å². The summed E-state index contributed by atoms with van der Waals surface area (Å²) in [5.41, 5.74) is 2.50. The van der Waals surface area contributed by atoms with Gasteiger partial charge in [0.15, 0.2) is 11.6 Å². The number of anilines is 2. The molecule has 1 aliphatic heterocycles.